The molecule has 2 saturated heterocycles. The Kier molecular flexibility index (Phi) is 4.80. The van der Waals surface area contributed by atoms with Crippen molar-refractivity contribution >= 4 is 11.8 Å². The molecule has 2 amide bonds. The van der Waals surface area contributed by atoms with E-state index >= 15 is 0 Å². The van der Waals surface area contributed by atoms with Gasteiger partial charge in [-0.15, -0.1) is 0 Å². The average molecular weight is 268 g/mol. The van der Waals surface area contributed by atoms with Gasteiger partial charge in [0.15, 0.2) is 0 Å². The fourth-order valence-corrected chi connectivity index (χ4v) is 2.61. The summed E-state index contributed by atoms with van der Waals surface area (Å²) < 4.78 is 5.25. The molecule has 0 bridgehead atoms. The second kappa shape index (κ2) is 6.37. The molecule has 0 aliphatic carbocycles. The summed E-state index contributed by atoms with van der Waals surface area (Å²) in [6, 6.07) is 0. The lowest BCUT2D eigenvalue weighted by molar-refractivity contribution is -0.139. The van der Waals surface area contributed by atoms with Crippen molar-refractivity contribution in [2.75, 3.05) is 39.4 Å². The molecule has 5 nitrogen and oxygen atoms in total. The van der Waals surface area contributed by atoms with Crippen LogP contribution in [0.3, 0.4) is 0 Å². The number of hydrogen-bond donors (Lipinski definition) is 0. The van der Waals surface area contributed by atoms with E-state index < -0.39 is 0 Å². The van der Waals surface area contributed by atoms with Gasteiger partial charge < -0.3 is 14.5 Å². The quantitative estimate of drug-likeness (QED) is 0.755. The SMILES string of the molecule is CC(C)CCN1C[C@H](C(=O)N2CCOCC2)CC1=O. The highest BCUT2D eigenvalue weighted by Crippen LogP contribution is 2.21. The van der Waals surface area contributed by atoms with Crippen molar-refractivity contribution in [3.05, 3.63) is 0 Å². The van der Waals surface area contributed by atoms with Crippen molar-refractivity contribution < 1.29 is 14.3 Å². The summed E-state index contributed by atoms with van der Waals surface area (Å²) in [6.45, 7) is 8.23. The van der Waals surface area contributed by atoms with Crippen molar-refractivity contribution in [2.24, 2.45) is 11.8 Å². The fourth-order valence-electron chi connectivity index (χ4n) is 2.61. The van der Waals surface area contributed by atoms with Crippen LogP contribution in [0.15, 0.2) is 0 Å². The standard InChI is InChI=1S/C14H24N2O3/c1-11(2)3-4-16-10-12(9-13(16)17)14(18)15-5-7-19-8-6-15/h11-12H,3-10H2,1-2H3/t12-/m1/s1. The lowest BCUT2D eigenvalue weighted by Gasteiger charge is -2.29. The van der Waals surface area contributed by atoms with Crippen LogP contribution in [-0.4, -0.2) is 61.0 Å². The van der Waals surface area contributed by atoms with Crippen LogP contribution >= 0.6 is 0 Å². The first kappa shape index (κ1) is 14.3. The van der Waals surface area contributed by atoms with Crippen LogP contribution in [0, 0.1) is 11.8 Å². The highest BCUT2D eigenvalue weighted by molar-refractivity contribution is 5.89. The van der Waals surface area contributed by atoms with Gasteiger partial charge in [-0.1, -0.05) is 13.8 Å². The molecule has 2 heterocycles. The molecule has 0 saturated carbocycles. The van der Waals surface area contributed by atoms with Crippen molar-refractivity contribution in [1.82, 2.24) is 9.80 Å². The number of hydrogen-bond acceptors (Lipinski definition) is 3. The third-order valence-corrected chi connectivity index (χ3v) is 3.86. The zero-order chi connectivity index (χ0) is 13.8. The zero-order valence-corrected chi connectivity index (χ0v) is 11.9. The van der Waals surface area contributed by atoms with E-state index in [-0.39, 0.29) is 17.7 Å². The summed E-state index contributed by atoms with van der Waals surface area (Å²) >= 11 is 0. The molecule has 1 atom stereocenters. The molecule has 2 aliphatic rings. The molecule has 0 N–H and O–H groups in total. The van der Waals surface area contributed by atoms with Gasteiger partial charge in [0.1, 0.15) is 0 Å². The van der Waals surface area contributed by atoms with Crippen LogP contribution < -0.4 is 0 Å². The van der Waals surface area contributed by atoms with Gasteiger partial charge in [-0.25, -0.2) is 0 Å². The van der Waals surface area contributed by atoms with Gasteiger partial charge in [0.05, 0.1) is 19.1 Å². The molecule has 2 rings (SSSR count). The van der Waals surface area contributed by atoms with Crippen LogP contribution in [0.25, 0.3) is 0 Å². The van der Waals surface area contributed by atoms with Crippen molar-refractivity contribution in [1.29, 1.82) is 0 Å². The molecule has 0 aromatic heterocycles. The summed E-state index contributed by atoms with van der Waals surface area (Å²) in [6.07, 6.45) is 1.39. The van der Waals surface area contributed by atoms with Crippen molar-refractivity contribution in [2.45, 2.75) is 26.7 Å². The maximum atomic E-state index is 12.3. The topological polar surface area (TPSA) is 49.9 Å². The zero-order valence-electron chi connectivity index (χ0n) is 11.9. The number of nitrogens with zero attached hydrogens (tertiary/aromatic N) is 2. The molecule has 19 heavy (non-hydrogen) atoms. The van der Waals surface area contributed by atoms with Gasteiger partial charge in [-0.2, -0.15) is 0 Å². The lowest BCUT2D eigenvalue weighted by Crippen LogP contribution is -2.44. The van der Waals surface area contributed by atoms with E-state index in [2.05, 4.69) is 13.8 Å². The Morgan fingerprint density at radius 3 is 2.68 bits per heavy atom. The Morgan fingerprint density at radius 2 is 2.05 bits per heavy atom. The van der Waals surface area contributed by atoms with Gasteiger partial charge in [0.25, 0.3) is 0 Å². The van der Waals surface area contributed by atoms with Crippen molar-refractivity contribution in [3.63, 3.8) is 0 Å². The second-order valence-corrected chi connectivity index (χ2v) is 5.86. The summed E-state index contributed by atoms with van der Waals surface area (Å²) in [5.41, 5.74) is 0. The number of carbonyl (C=O) groups excluding carboxylic acids is 2. The Balaban J connectivity index is 1.85. The number of likely N-dealkylation sites (tertiary alicyclic amines) is 1. The summed E-state index contributed by atoms with van der Waals surface area (Å²) in [5, 5.41) is 0. The molecular weight excluding hydrogens is 244 g/mol. The molecule has 0 spiro atoms. The number of rotatable bonds is 4. The van der Waals surface area contributed by atoms with E-state index in [9.17, 15) is 9.59 Å². The number of carbonyl (C=O) groups is 2. The van der Waals surface area contributed by atoms with Crippen LogP contribution in [-0.2, 0) is 14.3 Å². The smallest absolute Gasteiger partial charge is 0.228 e. The summed E-state index contributed by atoms with van der Waals surface area (Å²) in [7, 11) is 0. The van der Waals surface area contributed by atoms with Crippen LogP contribution in [0.1, 0.15) is 26.7 Å². The fraction of sp³-hybridized carbons (Fsp3) is 0.857. The van der Waals surface area contributed by atoms with E-state index in [1.54, 1.807) is 0 Å². The Labute approximate surface area is 114 Å². The van der Waals surface area contributed by atoms with Crippen LogP contribution in [0.2, 0.25) is 0 Å². The van der Waals surface area contributed by atoms with E-state index in [1.165, 1.54) is 0 Å². The monoisotopic (exact) mass is 268 g/mol. The molecule has 5 heteroatoms. The minimum Gasteiger partial charge on any atom is -0.378 e. The highest BCUT2D eigenvalue weighted by atomic mass is 16.5. The predicted molar refractivity (Wildman–Crippen MR) is 71.5 cm³/mol. The molecule has 0 aromatic rings. The Hall–Kier alpha value is -1.10. The van der Waals surface area contributed by atoms with Crippen molar-refractivity contribution in [3.8, 4) is 0 Å². The third-order valence-electron chi connectivity index (χ3n) is 3.86. The lowest BCUT2D eigenvalue weighted by atomic mass is 10.1. The third kappa shape index (κ3) is 3.69. The second-order valence-electron chi connectivity index (χ2n) is 5.86. The predicted octanol–water partition coefficient (Wildman–Crippen LogP) is 0.740. The van der Waals surface area contributed by atoms with Crippen LogP contribution in [0.5, 0.6) is 0 Å². The largest absolute Gasteiger partial charge is 0.378 e. The van der Waals surface area contributed by atoms with Gasteiger partial charge in [0, 0.05) is 32.6 Å². The number of ether oxygens (including phenoxy) is 1. The molecule has 0 radical (unpaired) electrons. The molecule has 0 unspecified atom stereocenters. The number of morpholine rings is 1. The van der Waals surface area contributed by atoms with Gasteiger partial charge in [0.2, 0.25) is 11.8 Å². The van der Waals surface area contributed by atoms with E-state index in [0.29, 0.717) is 45.2 Å². The van der Waals surface area contributed by atoms with Crippen LogP contribution in [0.4, 0.5) is 0 Å². The average Bonchev–Trinajstić information content (AvgIpc) is 2.78. The molecular formula is C14H24N2O3. The van der Waals surface area contributed by atoms with Gasteiger partial charge in [-0.3, -0.25) is 9.59 Å². The first-order valence-corrected chi connectivity index (χ1v) is 7.22. The molecule has 108 valence electrons. The van der Waals surface area contributed by atoms with Gasteiger partial charge in [-0.05, 0) is 12.3 Å². The minimum atomic E-state index is -0.141. The van der Waals surface area contributed by atoms with Gasteiger partial charge >= 0.3 is 0 Å². The normalized spacial score (nSPS) is 24.4. The highest BCUT2D eigenvalue weighted by Gasteiger charge is 2.36. The minimum absolute atomic E-state index is 0.128. The van der Waals surface area contributed by atoms with E-state index in [1.807, 2.05) is 9.80 Å². The summed E-state index contributed by atoms with van der Waals surface area (Å²) in [4.78, 5) is 27.9. The summed E-state index contributed by atoms with van der Waals surface area (Å²) in [5.74, 6) is 0.704. The Bertz CT molecular complexity index is 338. The molecule has 0 aromatic carbocycles. The first-order valence-electron chi connectivity index (χ1n) is 7.22. The molecule has 2 fully saturated rings. The maximum Gasteiger partial charge on any atom is 0.228 e. The first-order chi connectivity index (χ1) is 9.08. The Morgan fingerprint density at radius 1 is 1.37 bits per heavy atom. The number of amides is 2. The van der Waals surface area contributed by atoms with E-state index in [0.717, 1.165) is 13.0 Å². The van der Waals surface area contributed by atoms with E-state index in [4.69, 9.17) is 4.74 Å². The molecule has 2 aliphatic heterocycles. The maximum absolute atomic E-state index is 12.3.